The SMILES string of the molecule is Cc1ccccc1Cn1cc(CNCC(C)C)cn1. The molecule has 0 aliphatic heterocycles. The molecular weight excluding hydrogens is 234 g/mol. The van der Waals surface area contributed by atoms with Crippen LogP contribution in [-0.2, 0) is 13.1 Å². The highest BCUT2D eigenvalue weighted by Gasteiger charge is 2.02. The van der Waals surface area contributed by atoms with E-state index in [1.54, 1.807) is 0 Å². The van der Waals surface area contributed by atoms with E-state index >= 15 is 0 Å². The lowest BCUT2D eigenvalue weighted by Crippen LogP contribution is -2.18. The van der Waals surface area contributed by atoms with Crippen molar-refractivity contribution in [3.05, 3.63) is 53.3 Å². The molecule has 1 heterocycles. The van der Waals surface area contributed by atoms with Crippen LogP contribution in [-0.4, -0.2) is 16.3 Å². The molecule has 0 radical (unpaired) electrons. The van der Waals surface area contributed by atoms with Gasteiger partial charge in [-0.3, -0.25) is 4.68 Å². The fraction of sp³-hybridized carbons (Fsp3) is 0.438. The monoisotopic (exact) mass is 257 g/mol. The summed E-state index contributed by atoms with van der Waals surface area (Å²) in [6.07, 6.45) is 4.07. The lowest BCUT2D eigenvalue weighted by molar-refractivity contribution is 0.552. The summed E-state index contributed by atoms with van der Waals surface area (Å²) < 4.78 is 2.01. The molecule has 0 amide bonds. The zero-order chi connectivity index (χ0) is 13.7. The third-order valence-corrected chi connectivity index (χ3v) is 3.16. The lowest BCUT2D eigenvalue weighted by Gasteiger charge is -2.06. The molecular formula is C16H23N3. The van der Waals surface area contributed by atoms with Gasteiger partial charge < -0.3 is 5.32 Å². The highest BCUT2D eigenvalue weighted by molar-refractivity contribution is 5.25. The second-order valence-corrected chi connectivity index (χ2v) is 5.50. The fourth-order valence-corrected chi connectivity index (χ4v) is 2.05. The second-order valence-electron chi connectivity index (χ2n) is 5.50. The zero-order valence-corrected chi connectivity index (χ0v) is 12.1. The van der Waals surface area contributed by atoms with E-state index in [1.807, 2.05) is 10.9 Å². The molecule has 0 bridgehead atoms. The van der Waals surface area contributed by atoms with E-state index in [-0.39, 0.29) is 0 Å². The maximum Gasteiger partial charge on any atom is 0.0662 e. The highest BCUT2D eigenvalue weighted by Crippen LogP contribution is 2.09. The first-order valence-corrected chi connectivity index (χ1v) is 6.91. The second kappa shape index (κ2) is 6.53. The van der Waals surface area contributed by atoms with Crippen molar-refractivity contribution in [3.63, 3.8) is 0 Å². The number of nitrogens with zero attached hydrogens (tertiary/aromatic N) is 2. The van der Waals surface area contributed by atoms with Gasteiger partial charge in [-0.25, -0.2) is 0 Å². The summed E-state index contributed by atoms with van der Waals surface area (Å²) >= 11 is 0. The van der Waals surface area contributed by atoms with Crippen LogP contribution in [0.3, 0.4) is 0 Å². The van der Waals surface area contributed by atoms with Gasteiger partial charge in [0.25, 0.3) is 0 Å². The summed E-state index contributed by atoms with van der Waals surface area (Å²) in [5.74, 6) is 0.682. The Hall–Kier alpha value is -1.61. The summed E-state index contributed by atoms with van der Waals surface area (Å²) in [5.41, 5.74) is 3.89. The summed E-state index contributed by atoms with van der Waals surface area (Å²) in [6.45, 7) is 9.36. The van der Waals surface area contributed by atoms with Gasteiger partial charge in [-0.15, -0.1) is 0 Å². The van der Waals surface area contributed by atoms with Gasteiger partial charge in [0.05, 0.1) is 12.7 Å². The molecule has 0 atom stereocenters. The molecule has 1 N–H and O–H groups in total. The minimum atomic E-state index is 0.682. The van der Waals surface area contributed by atoms with Crippen LogP contribution in [0, 0.1) is 12.8 Å². The van der Waals surface area contributed by atoms with Crippen LogP contribution in [0.25, 0.3) is 0 Å². The summed E-state index contributed by atoms with van der Waals surface area (Å²) in [4.78, 5) is 0. The molecule has 0 unspecified atom stereocenters. The van der Waals surface area contributed by atoms with Crippen LogP contribution in [0.4, 0.5) is 0 Å². The Morgan fingerprint density at radius 1 is 1.26 bits per heavy atom. The first kappa shape index (κ1) is 13.8. The van der Waals surface area contributed by atoms with E-state index in [4.69, 9.17) is 0 Å². The standard InChI is InChI=1S/C16H23N3/c1-13(2)8-17-9-15-10-18-19(11-15)12-16-7-5-4-6-14(16)3/h4-7,10-11,13,17H,8-9,12H2,1-3H3. The molecule has 1 aromatic heterocycles. The molecule has 0 fully saturated rings. The number of rotatable bonds is 6. The van der Waals surface area contributed by atoms with Gasteiger partial charge in [-0.1, -0.05) is 38.1 Å². The molecule has 0 aliphatic rings. The van der Waals surface area contributed by atoms with Crippen molar-refractivity contribution in [1.82, 2.24) is 15.1 Å². The molecule has 0 aliphatic carbocycles. The number of nitrogens with one attached hydrogen (secondary N) is 1. The van der Waals surface area contributed by atoms with Gasteiger partial charge in [-0.05, 0) is 30.5 Å². The average molecular weight is 257 g/mol. The third-order valence-electron chi connectivity index (χ3n) is 3.16. The lowest BCUT2D eigenvalue weighted by atomic mass is 10.1. The molecule has 3 nitrogen and oxygen atoms in total. The van der Waals surface area contributed by atoms with Crippen LogP contribution < -0.4 is 5.32 Å². The van der Waals surface area contributed by atoms with Crippen LogP contribution in [0.5, 0.6) is 0 Å². The Bertz CT molecular complexity index is 514. The van der Waals surface area contributed by atoms with Crippen molar-refractivity contribution in [3.8, 4) is 0 Å². The molecule has 2 aromatic rings. The van der Waals surface area contributed by atoms with Crippen LogP contribution in [0.2, 0.25) is 0 Å². The van der Waals surface area contributed by atoms with E-state index in [2.05, 4.69) is 61.6 Å². The zero-order valence-electron chi connectivity index (χ0n) is 12.1. The van der Waals surface area contributed by atoms with Gasteiger partial charge in [0.2, 0.25) is 0 Å². The summed E-state index contributed by atoms with van der Waals surface area (Å²) in [5, 5.41) is 7.86. The minimum absolute atomic E-state index is 0.682. The summed E-state index contributed by atoms with van der Waals surface area (Å²) in [7, 11) is 0. The van der Waals surface area contributed by atoms with Crippen molar-refractivity contribution in [1.29, 1.82) is 0 Å². The first-order chi connectivity index (χ1) is 9.15. The number of aryl methyl sites for hydroxylation is 1. The predicted octanol–water partition coefficient (Wildman–Crippen LogP) is 2.99. The molecule has 19 heavy (non-hydrogen) atoms. The maximum atomic E-state index is 4.43. The Kier molecular flexibility index (Phi) is 4.74. The molecule has 3 heteroatoms. The van der Waals surface area contributed by atoms with E-state index in [9.17, 15) is 0 Å². The van der Waals surface area contributed by atoms with Gasteiger partial charge >= 0.3 is 0 Å². The Balaban J connectivity index is 1.92. The Morgan fingerprint density at radius 3 is 2.79 bits per heavy atom. The smallest absolute Gasteiger partial charge is 0.0662 e. The molecule has 2 rings (SSSR count). The Labute approximate surface area is 115 Å². The van der Waals surface area contributed by atoms with Crippen LogP contribution in [0.1, 0.15) is 30.5 Å². The third kappa shape index (κ3) is 4.21. The predicted molar refractivity (Wildman–Crippen MR) is 79.1 cm³/mol. The molecule has 1 aromatic carbocycles. The normalized spacial score (nSPS) is 11.2. The maximum absolute atomic E-state index is 4.43. The average Bonchev–Trinajstić information content (AvgIpc) is 2.79. The number of benzene rings is 1. The number of hydrogen-bond donors (Lipinski definition) is 1. The van der Waals surface area contributed by atoms with Gasteiger partial charge in [-0.2, -0.15) is 5.10 Å². The Morgan fingerprint density at radius 2 is 2.05 bits per heavy atom. The van der Waals surface area contributed by atoms with Gasteiger partial charge in [0.15, 0.2) is 0 Å². The molecule has 0 saturated carbocycles. The van der Waals surface area contributed by atoms with Crippen molar-refractivity contribution in [2.45, 2.75) is 33.9 Å². The van der Waals surface area contributed by atoms with Crippen molar-refractivity contribution < 1.29 is 0 Å². The van der Waals surface area contributed by atoms with Crippen molar-refractivity contribution in [2.24, 2.45) is 5.92 Å². The topological polar surface area (TPSA) is 29.9 Å². The number of aromatic nitrogens is 2. The fourth-order valence-electron chi connectivity index (χ4n) is 2.05. The molecule has 102 valence electrons. The van der Waals surface area contributed by atoms with Crippen molar-refractivity contribution in [2.75, 3.05) is 6.54 Å². The minimum Gasteiger partial charge on any atom is -0.312 e. The van der Waals surface area contributed by atoms with E-state index < -0.39 is 0 Å². The first-order valence-electron chi connectivity index (χ1n) is 6.91. The van der Waals surface area contributed by atoms with Crippen molar-refractivity contribution >= 4 is 0 Å². The van der Waals surface area contributed by atoms with Crippen LogP contribution >= 0.6 is 0 Å². The quantitative estimate of drug-likeness (QED) is 0.862. The van der Waals surface area contributed by atoms with Gasteiger partial charge in [0, 0.05) is 18.3 Å². The molecule has 0 saturated heterocycles. The van der Waals surface area contributed by atoms with Gasteiger partial charge in [0.1, 0.15) is 0 Å². The highest BCUT2D eigenvalue weighted by atomic mass is 15.3. The van der Waals surface area contributed by atoms with E-state index in [0.717, 1.165) is 19.6 Å². The summed E-state index contributed by atoms with van der Waals surface area (Å²) in [6, 6.07) is 8.46. The van der Waals surface area contributed by atoms with E-state index in [1.165, 1.54) is 16.7 Å². The largest absolute Gasteiger partial charge is 0.312 e. The van der Waals surface area contributed by atoms with E-state index in [0.29, 0.717) is 5.92 Å². The van der Waals surface area contributed by atoms with Crippen LogP contribution in [0.15, 0.2) is 36.7 Å². The number of hydrogen-bond acceptors (Lipinski definition) is 2. The molecule has 0 spiro atoms.